The summed E-state index contributed by atoms with van der Waals surface area (Å²) in [5.74, 6) is 7.02. The maximum Gasteiger partial charge on any atom is 0.268 e. The largest absolute Gasteiger partial charge is 0.497 e. The maximum atomic E-state index is 12.2. The highest BCUT2D eigenvalue weighted by Crippen LogP contribution is 2.21. The number of benzene rings is 2. The van der Waals surface area contributed by atoms with E-state index in [4.69, 9.17) is 9.47 Å². The third kappa shape index (κ3) is 4.58. The van der Waals surface area contributed by atoms with E-state index >= 15 is 0 Å². The molecule has 0 atom stereocenters. The van der Waals surface area contributed by atoms with Crippen LogP contribution in [-0.4, -0.2) is 31.2 Å². The average Bonchev–Trinajstić information content (AvgIpc) is 3.07. The van der Waals surface area contributed by atoms with E-state index in [1.165, 1.54) is 0 Å². The molecule has 0 bridgehead atoms. The van der Waals surface area contributed by atoms with E-state index < -0.39 is 0 Å². The van der Waals surface area contributed by atoms with Crippen molar-refractivity contribution < 1.29 is 14.3 Å². The van der Waals surface area contributed by atoms with E-state index in [9.17, 15) is 4.79 Å². The Hall–Kier alpha value is -2.91. The molecule has 6 heteroatoms. The van der Waals surface area contributed by atoms with Crippen LogP contribution < -0.4 is 14.8 Å². The van der Waals surface area contributed by atoms with Gasteiger partial charge >= 0.3 is 0 Å². The number of hydrogen-bond donors (Lipinski definition) is 2. The second-order valence-electron chi connectivity index (χ2n) is 5.42. The lowest BCUT2D eigenvalue weighted by molar-refractivity contribution is 0.0954. The molecule has 0 saturated heterocycles. The molecule has 132 valence electrons. The zero-order chi connectivity index (χ0) is 18.4. The van der Waals surface area contributed by atoms with Crippen LogP contribution in [0.2, 0.25) is 0 Å². The summed E-state index contributed by atoms with van der Waals surface area (Å²) < 4.78 is 11.6. The third-order valence-corrected chi connectivity index (χ3v) is 4.14. The highest BCUT2D eigenvalue weighted by atomic mass is 79.9. The number of amides is 1. The van der Waals surface area contributed by atoms with E-state index in [2.05, 4.69) is 38.1 Å². The first-order valence-corrected chi connectivity index (χ1v) is 8.74. The second kappa shape index (κ2) is 8.45. The Morgan fingerprint density at radius 3 is 2.85 bits per heavy atom. The van der Waals surface area contributed by atoms with Crippen molar-refractivity contribution in [3.63, 3.8) is 0 Å². The molecule has 1 aromatic heterocycles. The lowest BCUT2D eigenvalue weighted by atomic mass is 10.2. The monoisotopic (exact) mass is 412 g/mol. The van der Waals surface area contributed by atoms with Crippen molar-refractivity contribution in [2.24, 2.45) is 0 Å². The van der Waals surface area contributed by atoms with Gasteiger partial charge < -0.3 is 19.8 Å². The van der Waals surface area contributed by atoms with Crippen LogP contribution in [0.1, 0.15) is 10.5 Å². The average molecular weight is 413 g/mol. The number of hydrogen-bond acceptors (Lipinski definition) is 3. The quantitative estimate of drug-likeness (QED) is 0.627. The molecule has 5 nitrogen and oxygen atoms in total. The Kier molecular flexibility index (Phi) is 5.82. The fourth-order valence-electron chi connectivity index (χ4n) is 2.36. The van der Waals surface area contributed by atoms with Gasteiger partial charge in [0.1, 0.15) is 23.8 Å². The minimum absolute atomic E-state index is 0.206. The topological polar surface area (TPSA) is 63.4 Å². The molecule has 2 aromatic carbocycles. The summed E-state index contributed by atoms with van der Waals surface area (Å²) in [6.07, 6.45) is 0. The zero-order valence-corrected chi connectivity index (χ0v) is 15.7. The number of aromatic amines is 1. The van der Waals surface area contributed by atoms with E-state index in [0.29, 0.717) is 5.69 Å². The molecule has 1 heterocycles. The van der Waals surface area contributed by atoms with Gasteiger partial charge in [-0.3, -0.25) is 4.79 Å². The maximum absolute atomic E-state index is 12.2. The summed E-state index contributed by atoms with van der Waals surface area (Å²) in [6.45, 7) is 0.512. The van der Waals surface area contributed by atoms with Crippen molar-refractivity contribution in [2.75, 3.05) is 20.3 Å². The van der Waals surface area contributed by atoms with Crippen LogP contribution >= 0.6 is 15.9 Å². The Morgan fingerprint density at radius 1 is 1.15 bits per heavy atom. The number of fused-ring (bicyclic) bond motifs is 1. The molecule has 0 radical (unpaired) electrons. The molecule has 0 fully saturated rings. The molecule has 0 unspecified atom stereocenters. The number of nitrogens with one attached hydrogen (secondary N) is 2. The van der Waals surface area contributed by atoms with Gasteiger partial charge in [0.25, 0.3) is 5.91 Å². The van der Waals surface area contributed by atoms with Gasteiger partial charge in [-0.1, -0.05) is 33.8 Å². The molecule has 0 aliphatic carbocycles. The van der Waals surface area contributed by atoms with E-state index in [1.54, 1.807) is 13.2 Å². The lowest BCUT2D eigenvalue weighted by Crippen LogP contribution is -2.23. The summed E-state index contributed by atoms with van der Waals surface area (Å²) in [6, 6.07) is 15.0. The number of ether oxygens (including phenoxy) is 2. The van der Waals surface area contributed by atoms with Crippen LogP contribution in [0.4, 0.5) is 0 Å². The summed E-state index contributed by atoms with van der Waals surface area (Å²) in [7, 11) is 1.61. The van der Waals surface area contributed by atoms with Crippen LogP contribution in [-0.2, 0) is 0 Å². The summed E-state index contributed by atoms with van der Waals surface area (Å²) in [5, 5.41) is 3.71. The Morgan fingerprint density at radius 2 is 2.04 bits per heavy atom. The molecule has 0 spiro atoms. The van der Waals surface area contributed by atoms with Crippen molar-refractivity contribution in [1.82, 2.24) is 10.3 Å². The van der Waals surface area contributed by atoms with Gasteiger partial charge in [-0.2, -0.15) is 0 Å². The highest BCUT2D eigenvalue weighted by molar-refractivity contribution is 9.10. The van der Waals surface area contributed by atoms with Crippen LogP contribution in [0.15, 0.2) is 53.0 Å². The van der Waals surface area contributed by atoms with Gasteiger partial charge in [0.15, 0.2) is 0 Å². The third-order valence-electron chi connectivity index (χ3n) is 3.64. The first-order chi connectivity index (χ1) is 12.7. The van der Waals surface area contributed by atoms with Crippen molar-refractivity contribution in [3.05, 3.63) is 58.7 Å². The van der Waals surface area contributed by atoms with E-state index in [1.807, 2.05) is 42.5 Å². The van der Waals surface area contributed by atoms with Crippen LogP contribution in [0.25, 0.3) is 10.9 Å². The lowest BCUT2D eigenvalue weighted by Gasteiger charge is -2.01. The van der Waals surface area contributed by atoms with Gasteiger partial charge in [0, 0.05) is 21.4 Å². The molecule has 26 heavy (non-hydrogen) atoms. The predicted octanol–water partition coefficient (Wildman–Crippen LogP) is 3.75. The molecule has 3 rings (SSSR count). The molecular weight excluding hydrogens is 396 g/mol. The van der Waals surface area contributed by atoms with Gasteiger partial charge in [-0.15, -0.1) is 0 Å². The van der Waals surface area contributed by atoms with Gasteiger partial charge in [0.2, 0.25) is 0 Å². The number of halogens is 1. The molecule has 0 aliphatic rings. The fraction of sp³-hybridized carbons (Fsp3) is 0.150. The first kappa shape index (κ1) is 17.9. The second-order valence-corrected chi connectivity index (χ2v) is 6.33. The molecule has 0 saturated carbocycles. The Bertz CT molecular complexity index is 985. The van der Waals surface area contributed by atoms with Gasteiger partial charge in [0.05, 0.1) is 13.7 Å². The van der Waals surface area contributed by atoms with Crippen molar-refractivity contribution in [2.45, 2.75) is 0 Å². The molecule has 3 aromatic rings. The number of carbonyl (C=O) groups is 1. The zero-order valence-electron chi connectivity index (χ0n) is 14.1. The number of methoxy groups -OCH3 is 1. The SMILES string of the molecule is COc1ccc2cc(C(=O)NCC#CCOc3cccc(Br)c3)[nH]c2c1. The summed E-state index contributed by atoms with van der Waals surface area (Å²) >= 11 is 3.38. The van der Waals surface area contributed by atoms with Crippen LogP contribution in [0.3, 0.4) is 0 Å². The van der Waals surface area contributed by atoms with Crippen molar-refractivity contribution in [1.29, 1.82) is 0 Å². The first-order valence-electron chi connectivity index (χ1n) is 7.95. The summed E-state index contributed by atoms with van der Waals surface area (Å²) in [4.78, 5) is 15.3. The number of carbonyl (C=O) groups excluding carboxylic acids is 1. The van der Waals surface area contributed by atoms with Crippen molar-refractivity contribution in [3.8, 4) is 23.3 Å². The van der Waals surface area contributed by atoms with Crippen LogP contribution in [0.5, 0.6) is 11.5 Å². The van der Waals surface area contributed by atoms with E-state index in [-0.39, 0.29) is 19.1 Å². The number of H-pyrrole nitrogens is 1. The van der Waals surface area contributed by atoms with Gasteiger partial charge in [-0.05, 0) is 36.4 Å². The number of rotatable bonds is 5. The number of aromatic nitrogens is 1. The van der Waals surface area contributed by atoms with Crippen LogP contribution in [0, 0.1) is 11.8 Å². The Balaban J connectivity index is 1.50. The normalized spacial score (nSPS) is 10.1. The molecule has 1 amide bonds. The molecular formula is C20H17BrN2O3. The molecule has 2 N–H and O–H groups in total. The van der Waals surface area contributed by atoms with Gasteiger partial charge in [-0.25, -0.2) is 0 Å². The highest BCUT2D eigenvalue weighted by Gasteiger charge is 2.08. The molecule has 0 aliphatic heterocycles. The predicted molar refractivity (Wildman–Crippen MR) is 105 cm³/mol. The van der Waals surface area contributed by atoms with E-state index in [0.717, 1.165) is 26.9 Å². The standard InChI is InChI=1S/C20H17BrN2O3/c1-25-16-8-7-14-11-19(23-18(14)13-16)20(24)22-9-2-3-10-26-17-6-4-5-15(21)12-17/h4-8,11-13,23H,9-10H2,1H3,(H,22,24). The summed E-state index contributed by atoms with van der Waals surface area (Å²) in [5.41, 5.74) is 1.34. The minimum atomic E-state index is -0.206. The minimum Gasteiger partial charge on any atom is -0.497 e. The van der Waals surface area contributed by atoms with Crippen molar-refractivity contribution >= 4 is 32.7 Å². The smallest absolute Gasteiger partial charge is 0.268 e. The Labute approximate surface area is 159 Å². The fourth-order valence-corrected chi connectivity index (χ4v) is 2.74.